The number of aromatic nitrogens is 5. The van der Waals surface area contributed by atoms with Crippen LogP contribution in [0.1, 0.15) is 36.6 Å². The van der Waals surface area contributed by atoms with E-state index in [4.69, 9.17) is 9.26 Å². The number of tetrazole rings is 1. The van der Waals surface area contributed by atoms with Crippen molar-refractivity contribution in [1.29, 1.82) is 0 Å². The molecule has 1 aliphatic rings. The van der Waals surface area contributed by atoms with Gasteiger partial charge in [0.1, 0.15) is 0 Å². The number of ether oxygens (including phenoxy) is 1. The van der Waals surface area contributed by atoms with Crippen LogP contribution in [0.2, 0.25) is 0 Å². The highest BCUT2D eigenvalue weighted by molar-refractivity contribution is 5.87. The third-order valence-electron chi connectivity index (χ3n) is 7.10. The Kier molecular flexibility index (Phi) is 6.07. The molecule has 0 saturated heterocycles. The second-order valence-corrected chi connectivity index (χ2v) is 9.54. The Labute approximate surface area is 220 Å². The maximum atomic E-state index is 12.4. The highest BCUT2D eigenvalue weighted by Crippen LogP contribution is 2.49. The molecule has 0 amide bonds. The van der Waals surface area contributed by atoms with Crippen LogP contribution in [0.4, 0.5) is 0 Å². The van der Waals surface area contributed by atoms with Crippen molar-refractivity contribution in [2.45, 2.75) is 38.6 Å². The van der Waals surface area contributed by atoms with E-state index < -0.39 is 5.41 Å². The molecule has 0 unspecified atom stereocenters. The van der Waals surface area contributed by atoms with Crippen molar-refractivity contribution >= 4 is 5.97 Å². The van der Waals surface area contributed by atoms with Gasteiger partial charge in [0, 0.05) is 16.7 Å². The van der Waals surface area contributed by atoms with Crippen LogP contribution in [-0.4, -0.2) is 37.9 Å². The molecule has 0 radical (unpaired) electrons. The van der Waals surface area contributed by atoms with Gasteiger partial charge in [-0.25, -0.2) is 0 Å². The monoisotopic (exact) mass is 505 g/mol. The molecule has 2 aromatic heterocycles. The lowest BCUT2D eigenvalue weighted by atomic mass is 9.93. The second-order valence-electron chi connectivity index (χ2n) is 9.54. The molecule has 8 heteroatoms. The van der Waals surface area contributed by atoms with Crippen LogP contribution >= 0.6 is 0 Å². The summed E-state index contributed by atoms with van der Waals surface area (Å²) >= 11 is 0. The lowest BCUT2D eigenvalue weighted by Gasteiger charge is -2.14. The van der Waals surface area contributed by atoms with Crippen LogP contribution in [0.3, 0.4) is 0 Å². The van der Waals surface area contributed by atoms with E-state index in [0.29, 0.717) is 24.7 Å². The second kappa shape index (κ2) is 9.70. The number of hydrogen-bond acceptors (Lipinski definition) is 7. The van der Waals surface area contributed by atoms with E-state index in [0.717, 1.165) is 51.9 Å². The van der Waals surface area contributed by atoms with Crippen LogP contribution in [-0.2, 0) is 21.5 Å². The van der Waals surface area contributed by atoms with Crippen LogP contribution in [0.5, 0.6) is 0 Å². The number of nitrogens with zero attached hydrogens (tertiary/aromatic N) is 5. The Balaban J connectivity index is 1.20. The van der Waals surface area contributed by atoms with Crippen LogP contribution < -0.4 is 0 Å². The predicted molar refractivity (Wildman–Crippen MR) is 142 cm³/mol. The van der Waals surface area contributed by atoms with Gasteiger partial charge in [0.05, 0.1) is 24.3 Å². The number of rotatable bonds is 8. The quantitative estimate of drug-likeness (QED) is 0.253. The first-order chi connectivity index (χ1) is 18.6. The van der Waals surface area contributed by atoms with Crippen LogP contribution in [0.25, 0.3) is 33.8 Å². The number of benzene rings is 3. The molecule has 0 spiro atoms. The summed E-state index contributed by atoms with van der Waals surface area (Å²) in [6.45, 7) is 4.56. The summed E-state index contributed by atoms with van der Waals surface area (Å²) in [6.07, 6.45) is 1.69. The minimum Gasteiger partial charge on any atom is -0.465 e. The van der Waals surface area contributed by atoms with Crippen molar-refractivity contribution in [3.05, 3.63) is 95.7 Å². The van der Waals surface area contributed by atoms with Gasteiger partial charge in [0.2, 0.25) is 5.82 Å². The van der Waals surface area contributed by atoms with Gasteiger partial charge in [-0.2, -0.15) is 4.80 Å². The normalized spacial score (nSPS) is 13.8. The molecular formula is C30H27N5O3. The smallest absolute Gasteiger partial charge is 0.316 e. The zero-order chi connectivity index (χ0) is 26.1. The molecule has 5 aromatic rings. The Bertz CT molecular complexity index is 1570. The summed E-state index contributed by atoms with van der Waals surface area (Å²) < 4.78 is 11.0. The first-order valence-electron chi connectivity index (χ1n) is 12.7. The Morgan fingerprint density at radius 3 is 2.24 bits per heavy atom. The first kappa shape index (κ1) is 23.8. The fourth-order valence-electron chi connectivity index (χ4n) is 4.76. The summed E-state index contributed by atoms with van der Waals surface area (Å²) in [7, 11) is 0. The highest BCUT2D eigenvalue weighted by Gasteiger charge is 2.52. The molecule has 6 rings (SSSR count). The molecule has 8 nitrogen and oxygen atoms in total. The van der Waals surface area contributed by atoms with E-state index in [1.807, 2.05) is 68.4 Å². The van der Waals surface area contributed by atoms with Gasteiger partial charge in [-0.15, -0.1) is 10.2 Å². The molecule has 190 valence electrons. The Morgan fingerprint density at radius 1 is 0.921 bits per heavy atom. The Morgan fingerprint density at radius 2 is 1.58 bits per heavy atom. The van der Waals surface area contributed by atoms with Gasteiger partial charge < -0.3 is 9.26 Å². The Hall–Kier alpha value is -4.59. The fourth-order valence-corrected chi connectivity index (χ4v) is 4.76. The SMILES string of the molecule is CCOC(=O)C1(c2ccc(-c3ccc(-c4onc(C)c4Cn4nnc(-c5ccccc5)n4)cc3)cc2)CC1. The molecule has 0 N–H and O–H groups in total. The van der Waals surface area contributed by atoms with Crippen molar-refractivity contribution in [3.8, 4) is 33.8 Å². The molecule has 2 heterocycles. The fraction of sp³-hybridized carbons (Fsp3) is 0.233. The molecule has 0 atom stereocenters. The maximum absolute atomic E-state index is 12.4. The van der Waals surface area contributed by atoms with Crippen molar-refractivity contribution in [2.75, 3.05) is 6.61 Å². The summed E-state index contributed by atoms with van der Waals surface area (Å²) in [5.41, 5.74) is 6.25. The van der Waals surface area contributed by atoms with Crippen LogP contribution in [0.15, 0.2) is 83.4 Å². The molecule has 1 aliphatic carbocycles. The largest absolute Gasteiger partial charge is 0.465 e. The van der Waals surface area contributed by atoms with Gasteiger partial charge in [-0.05, 0) is 48.6 Å². The summed E-state index contributed by atoms with van der Waals surface area (Å²) in [5.74, 6) is 1.15. The number of carbonyl (C=O) groups is 1. The summed E-state index contributed by atoms with van der Waals surface area (Å²) in [6, 6.07) is 26.1. The minimum atomic E-state index is -0.459. The lowest BCUT2D eigenvalue weighted by Crippen LogP contribution is -2.23. The number of aryl methyl sites for hydroxylation is 1. The minimum absolute atomic E-state index is 0.118. The number of carbonyl (C=O) groups excluding carboxylic acids is 1. The first-order valence-corrected chi connectivity index (χ1v) is 12.7. The van der Waals surface area contributed by atoms with E-state index in [-0.39, 0.29) is 5.97 Å². The third-order valence-corrected chi connectivity index (χ3v) is 7.10. The van der Waals surface area contributed by atoms with E-state index in [9.17, 15) is 4.79 Å². The van der Waals surface area contributed by atoms with Crippen molar-refractivity contribution in [2.24, 2.45) is 0 Å². The molecule has 3 aromatic carbocycles. The number of esters is 1. The van der Waals surface area contributed by atoms with Crippen molar-refractivity contribution in [1.82, 2.24) is 25.4 Å². The highest BCUT2D eigenvalue weighted by atomic mass is 16.5. The molecule has 0 aliphatic heterocycles. The number of hydrogen-bond donors (Lipinski definition) is 0. The average Bonchev–Trinajstić information content (AvgIpc) is 3.51. The van der Waals surface area contributed by atoms with Crippen molar-refractivity contribution in [3.63, 3.8) is 0 Å². The zero-order valence-electron chi connectivity index (χ0n) is 21.3. The topological polar surface area (TPSA) is 95.9 Å². The van der Waals surface area contributed by atoms with Gasteiger partial charge in [-0.3, -0.25) is 4.79 Å². The van der Waals surface area contributed by atoms with Crippen molar-refractivity contribution < 1.29 is 14.1 Å². The van der Waals surface area contributed by atoms with E-state index in [2.05, 4.69) is 44.8 Å². The summed E-state index contributed by atoms with van der Waals surface area (Å²) in [5, 5.41) is 17.1. The maximum Gasteiger partial charge on any atom is 0.316 e. The molecule has 38 heavy (non-hydrogen) atoms. The van der Waals surface area contributed by atoms with E-state index in [1.165, 1.54) is 0 Å². The van der Waals surface area contributed by atoms with Crippen LogP contribution in [0, 0.1) is 6.92 Å². The molecule has 0 bridgehead atoms. The van der Waals surface area contributed by atoms with Gasteiger partial charge >= 0.3 is 5.97 Å². The van der Waals surface area contributed by atoms with Gasteiger partial charge in [0.15, 0.2) is 5.76 Å². The lowest BCUT2D eigenvalue weighted by molar-refractivity contribution is -0.146. The van der Waals surface area contributed by atoms with Gasteiger partial charge in [-0.1, -0.05) is 84.0 Å². The summed E-state index contributed by atoms with van der Waals surface area (Å²) in [4.78, 5) is 14.0. The van der Waals surface area contributed by atoms with E-state index in [1.54, 1.807) is 4.80 Å². The van der Waals surface area contributed by atoms with E-state index >= 15 is 0 Å². The third kappa shape index (κ3) is 4.38. The van der Waals surface area contributed by atoms with Gasteiger partial charge in [0.25, 0.3) is 0 Å². The molecule has 1 fully saturated rings. The zero-order valence-corrected chi connectivity index (χ0v) is 21.3. The standard InChI is InChI=1S/C30H27N5O3/c1-3-37-29(36)30(17-18-30)25-15-13-22(14-16-25)21-9-11-23(12-10-21)27-26(20(2)33-38-27)19-35-32-28(31-34-35)24-7-5-4-6-8-24/h4-16H,3,17-19H2,1-2H3. The average molecular weight is 506 g/mol. The predicted octanol–water partition coefficient (Wildman–Crippen LogP) is 5.61. The molecular weight excluding hydrogens is 478 g/mol. The molecule has 1 saturated carbocycles.